The molecule has 1 N–H and O–H groups in total. The van der Waals surface area contributed by atoms with Crippen LogP contribution in [0.2, 0.25) is 0 Å². The minimum Gasteiger partial charge on any atom is -0.347 e. The zero-order valence-corrected chi connectivity index (χ0v) is 18.3. The van der Waals surface area contributed by atoms with Crippen LogP contribution in [-0.4, -0.2) is 26.0 Å². The fourth-order valence-electron chi connectivity index (χ4n) is 3.92. The SMILES string of the molecule is Cc1ccc(-c2cc(C(F)F)n3ncc(C(=O)NC(C)(C)CC(C)(C)C)c3n2)cc1. The number of carbonyl (C=O) groups excluding carboxylic acids is 1. The Balaban J connectivity index is 2.06. The van der Waals surface area contributed by atoms with Gasteiger partial charge in [0, 0.05) is 11.1 Å². The fourth-order valence-corrected chi connectivity index (χ4v) is 3.92. The summed E-state index contributed by atoms with van der Waals surface area (Å²) in [5.74, 6) is -0.381. The van der Waals surface area contributed by atoms with E-state index < -0.39 is 12.0 Å². The minimum absolute atomic E-state index is 0.0115. The van der Waals surface area contributed by atoms with Crippen LogP contribution in [-0.2, 0) is 0 Å². The van der Waals surface area contributed by atoms with E-state index in [9.17, 15) is 13.6 Å². The molecule has 160 valence electrons. The first-order chi connectivity index (χ1) is 13.9. The van der Waals surface area contributed by atoms with Crippen LogP contribution >= 0.6 is 0 Å². The molecule has 3 aromatic rings. The van der Waals surface area contributed by atoms with Gasteiger partial charge in [0.05, 0.1) is 11.9 Å². The Hall–Kier alpha value is -2.83. The van der Waals surface area contributed by atoms with Crippen molar-refractivity contribution in [1.82, 2.24) is 19.9 Å². The quantitative estimate of drug-likeness (QED) is 0.592. The molecule has 1 amide bonds. The van der Waals surface area contributed by atoms with E-state index in [1.807, 2.05) is 45.0 Å². The van der Waals surface area contributed by atoms with Crippen LogP contribution in [0.15, 0.2) is 36.5 Å². The smallest absolute Gasteiger partial charge is 0.280 e. The Morgan fingerprint density at radius 1 is 1.13 bits per heavy atom. The maximum atomic E-state index is 13.7. The standard InChI is InChI=1S/C23H28F2N4O/c1-14-7-9-15(10-8-14)17-11-18(19(24)25)29-20(27-17)16(12-26-29)21(30)28-23(5,6)13-22(2,3)4/h7-12,19H,13H2,1-6H3,(H,28,30). The second-order valence-corrected chi connectivity index (χ2v) is 9.60. The highest BCUT2D eigenvalue weighted by Crippen LogP contribution is 2.29. The van der Waals surface area contributed by atoms with E-state index in [1.54, 1.807) is 0 Å². The molecule has 0 aliphatic heterocycles. The van der Waals surface area contributed by atoms with E-state index in [0.717, 1.165) is 16.5 Å². The lowest BCUT2D eigenvalue weighted by molar-refractivity contribution is 0.0892. The van der Waals surface area contributed by atoms with Crippen molar-refractivity contribution >= 4 is 11.6 Å². The van der Waals surface area contributed by atoms with E-state index in [4.69, 9.17) is 0 Å². The largest absolute Gasteiger partial charge is 0.347 e. The van der Waals surface area contributed by atoms with Crippen LogP contribution in [0.1, 0.15) is 69.1 Å². The summed E-state index contributed by atoms with van der Waals surface area (Å²) in [4.78, 5) is 17.5. The highest BCUT2D eigenvalue weighted by molar-refractivity contribution is 6.00. The molecule has 0 aliphatic rings. The van der Waals surface area contributed by atoms with Crippen molar-refractivity contribution in [1.29, 1.82) is 0 Å². The molecular formula is C23H28F2N4O. The number of carbonyl (C=O) groups is 1. The summed E-state index contributed by atoms with van der Waals surface area (Å²) in [5, 5.41) is 7.03. The lowest BCUT2D eigenvalue weighted by Gasteiger charge is -2.33. The molecule has 0 saturated carbocycles. The van der Waals surface area contributed by atoms with Gasteiger partial charge in [0.25, 0.3) is 12.3 Å². The van der Waals surface area contributed by atoms with Crippen molar-refractivity contribution in [3.8, 4) is 11.3 Å². The number of benzene rings is 1. The van der Waals surface area contributed by atoms with Gasteiger partial charge >= 0.3 is 0 Å². The van der Waals surface area contributed by atoms with Crippen LogP contribution in [0.25, 0.3) is 16.9 Å². The van der Waals surface area contributed by atoms with Crippen molar-refractivity contribution in [2.24, 2.45) is 5.41 Å². The molecule has 2 heterocycles. The number of hydrogen-bond acceptors (Lipinski definition) is 3. The molecule has 0 bridgehead atoms. The first-order valence-corrected chi connectivity index (χ1v) is 9.93. The summed E-state index contributed by atoms with van der Waals surface area (Å²) in [6, 6.07) is 8.75. The van der Waals surface area contributed by atoms with Gasteiger partial charge in [-0.25, -0.2) is 18.3 Å². The molecule has 0 unspecified atom stereocenters. The van der Waals surface area contributed by atoms with Gasteiger partial charge in [0.15, 0.2) is 5.65 Å². The maximum absolute atomic E-state index is 13.7. The van der Waals surface area contributed by atoms with Gasteiger partial charge < -0.3 is 5.32 Å². The van der Waals surface area contributed by atoms with Crippen LogP contribution in [0, 0.1) is 12.3 Å². The van der Waals surface area contributed by atoms with E-state index in [-0.39, 0.29) is 28.2 Å². The van der Waals surface area contributed by atoms with Gasteiger partial charge in [-0.15, -0.1) is 0 Å². The zero-order chi connectivity index (χ0) is 22.3. The third-order valence-electron chi connectivity index (χ3n) is 4.74. The zero-order valence-electron chi connectivity index (χ0n) is 18.3. The minimum atomic E-state index is -2.76. The molecule has 30 heavy (non-hydrogen) atoms. The number of alkyl halides is 2. The summed E-state index contributed by atoms with van der Waals surface area (Å²) in [6.45, 7) is 12.1. The van der Waals surface area contributed by atoms with Crippen molar-refractivity contribution in [3.63, 3.8) is 0 Å². The number of rotatable bonds is 5. The molecule has 2 aromatic heterocycles. The van der Waals surface area contributed by atoms with Crippen LogP contribution in [0.3, 0.4) is 0 Å². The Morgan fingerprint density at radius 2 is 1.77 bits per heavy atom. The maximum Gasteiger partial charge on any atom is 0.280 e. The van der Waals surface area contributed by atoms with E-state index in [0.29, 0.717) is 11.3 Å². The van der Waals surface area contributed by atoms with Crippen molar-refractivity contribution < 1.29 is 13.6 Å². The predicted molar refractivity (Wildman–Crippen MR) is 114 cm³/mol. The van der Waals surface area contributed by atoms with E-state index in [1.165, 1.54) is 12.3 Å². The molecule has 0 aliphatic carbocycles. The summed E-state index contributed by atoms with van der Waals surface area (Å²) < 4.78 is 28.5. The summed E-state index contributed by atoms with van der Waals surface area (Å²) in [6.07, 6.45) is -0.710. The average Bonchev–Trinajstić information content (AvgIpc) is 3.02. The Labute approximate surface area is 175 Å². The fraction of sp³-hybridized carbons (Fsp3) is 0.435. The van der Waals surface area contributed by atoms with Gasteiger partial charge in [-0.1, -0.05) is 50.6 Å². The number of aromatic nitrogens is 3. The number of halogens is 2. The molecule has 0 atom stereocenters. The highest BCUT2D eigenvalue weighted by atomic mass is 19.3. The second kappa shape index (κ2) is 7.78. The Bertz CT molecular complexity index is 1060. The normalized spacial score (nSPS) is 12.6. The van der Waals surface area contributed by atoms with E-state index >= 15 is 0 Å². The van der Waals surface area contributed by atoms with Crippen molar-refractivity contribution in [3.05, 3.63) is 53.3 Å². The van der Waals surface area contributed by atoms with Crippen molar-refractivity contribution in [2.45, 2.75) is 59.9 Å². The number of nitrogens with one attached hydrogen (secondary N) is 1. The summed E-state index contributed by atoms with van der Waals surface area (Å²) in [5.41, 5.74) is 1.65. The monoisotopic (exact) mass is 414 g/mol. The average molecular weight is 415 g/mol. The predicted octanol–water partition coefficient (Wildman–Crippen LogP) is 5.59. The number of aryl methyl sites for hydroxylation is 1. The van der Waals surface area contributed by atoms with Gasteiger partial charge in [-0.2, -0.15) is 5.10 Å². The Kier molecular flexibility index (Phi) is 5.67. The number of amides is 1. The number of nitrogens with zero attached hydrogens (tertiary/aromatic N) is 3. The third-order valence-corrected chi connectivity index (χ3v) is 4.74. The molecular weight excluding hydrogens is 386 g/mol. The summed E-state index contributed by atoms with van der Waals surface area (Å²) >= 11 is 0. The van der Waals surface area contributed by atoms with Gasteiger partial charge in [0.2, 0.25) is 0 Å². The van der Waals surface area contributed by atoms with Crippen LogP contribution in [0.5, 0.6) is 0 Å². The van der Waals surface area contributed by atoms with Crippen LogP contribution in [0.4, 0.5) is 8.78 Å². The highest BCUT2D eigenvalue weighted by Gasteiger charge is 2.29. The first-order valence-electron chi connectivity index (χ1n) is 9.93. The molecule has 0 spiro atoms. The second-order valence-electron chi connectivity index (χ2n) is 9.60. The lowest BCUT2D eigenvalue weighted by Crippen LogP contribution is -2.45. The van der Waals surface area contributed by atoms with E-state index in [2.05, 4.69) is 36.2 Å². The molecule has 0 fully saturated rings. The first kappa shape index (κ1) is 21.9. The molecule has 0 radical (unpaired) electrons. The lowest BCUT2D eigenvalue weighted by atomic mass is 9.81. The topological polar surface area (TPSA) is 59.3 Å². The van der Waals surface area contributed by atoms with Gasteiger partial charge in [0.1, 0.15) is 11.3 Å². The molecule has 7 heteroatoms. The molecule has 1 aromatic carbocycles. The van der Waals surface area contributed by atoms with Crippen LogP contribution < -0.4 is 5.32 Å². The Morgan fingerprint density at radius 3 is 2.33 bits per heavy atom. The van der Waals surface area contributed by atoms with Gasteiger partial charge in [-0.3, -0.25) is 4.79 Å². The van der Waals surface area contributed by atoms with Crippen molar-refractivity contribution in [2.75, 3.05) is 0 Å². The third kappa shape index (κ3) is 4.83. The van der Waals surface area contributed by atoms with Gasteiger partial charge in [-0.05, 0) is 38.7 Å². The molecule has 5 nitrogen and oxygen atoms in total. The number of hydrogen-bond donors (Lipinski definition) is 1. The molecule has 3 rings (SSSR count). The summed E-state index contributed by atoms with van der Waals surface area (Å²) in [7, 11) is 0. The molecule has 0 saturated heterocycles. The number of fused-ring (bicyclic) bond motifs is 1.